The Morgan fingerprint density at radius 3 is 2.78 bits per heavy atom. The Kier molecular flexibility index (Phi) is 4.63. The van der Waals surface area contributed by atoms with E-state index in [0.29, 0.717) is 35.4 Å². The largest absolute Gasteiger partial charge is 0.394 e. The molecule has 1 saturated carbocycles. The summed E-state index contributed by atoms with van der Waals surface area (Å²) in [4.78, 5) is 18.5. The number of aromatic nitrogens is 5. The van der Waals surface area contributed by atoms with E-state index in [1.54, 1.807) is 17.1 Å². The number of nitrogens with one attached hydrogen (secondary N) is 2. The molecule has 10 heteroatoms. The third kappa shape index (κ3) is 3.42. The van der Waals surface area contributed by atoms with Crippen LogP contribution >= 0.6 is 0 Å². The van der Waals surface area contributed by atoms with Crippen molar-refractivity contribution < 1.29 is 14.9 Å². The summed E-state index contributed by atoms with van der Waals surface area (Å²) < 4.78 is 7.63. The van der Waals surface area contributed by atoms with E-state index in [4.69, 9.17) is 14.7 Å². The fourth-order valence-corrected chi connectivity index (χ4v) is 4.08. The zero-order valence-electron chi connectivity index (χ0n) is 17.2. The second kappa shape index (κ2) is 7.66. The highest BCUT2D eigenvalue weighted by Gasteiger charge is 2.35. The lowest BCUT2D eigenvalue weighted by Crippen LogP contribution is -2.24. The molecule has 10 nitrogen and oxygen atoms in total. The minimum absolute atomic E-state index is 0.241. The fraction of sp³-hybridized carbons (Fsp3) is 0.364. The van der Waals surface area contributed by atoms with Crippen molar-refractivity contribution in [3.8, 4) is 0 Å². The summed E-state index contributed by atoms with van der Waals surface area (Å²) in [5.74, 6) is 1.07. The first-order valence-corrected chi connectivity index (χ1v) is 10.8. The minimum atomic E-state index is -0.743. The molecule has 32 heavy (non-hydrogen) atoms. The van der Waals surface area contributed by atoms with Crippen molar-refractivity contribution >= 4 is 39.5 Å². The van der Waals surface area contributed by atoms with Gasteiger partial charge in [0.05, 0.1) is 30.2 Å². The van der Waals surface area contributed by atoms with Crippen molar-refractivity contribution in [1.29, 1.82) is 0 Å². The number of hydrogen-bond acceptors (Lipinski definition) is 9. The molecular formula is C22H23N7O3. The number of anilines is 3. The summed E-state index contributed by atoms with van der Waals surface area (Å²) in [7, 11) is 0. The van der Waals surface area contributed by atoms with E-state index in [2.05, 4.69) is 20.6 Å². The predicted octanol–water partition coefficient (Wildman–Crippen LogP) is 2.33. The van der Waals surface area contributed by atoms with Crippen molar-refractivity contribution in [2.45, 2.75) is 43.7 Å². The third-order valence-corrected chi connectivity index (χ3v) is 5.91. The number of fused-ring (bicyclic) bond motifs is 2. The molecule has 3 atom stereocenters. The van der Waals surface area contributed by atoms with Crippen molar-refractivity contribution in [2.75, 3.05) is 17.2 Å². The monoisotopic (exact) mass is 433 g/mol. The van der Waals surface area contributed by atoms with E-state index in [1.807, 2.05) is 30.3 Å². The van der Waals surface area contributed by atoms with Crippen LogP contribution in [0.25, 0.3) is 22.1 Å². The maximum atomic E-state index is 10.2. The number of nitrogens with zero attached hydrogens (tertiary/aromatic N) is 5. The van der Waals surface area contributed by atoms with Crippen molar-refractivity contribution in [3.63, 3.8) is 0 Å². The van der Waals surface area contributed by atoms with Crippen LogP contribution in [0.15, 0.2) is 42.9 Å². The molecule has 1 saturated heterocycles. The maximum Gasteiger partial charge on any atom is 0.231 e. The van der Waals surface area contributed by atoms with Crippen LogP contribution in [0, 0.1) is 0 Å². The molecule has 4 heterocycles. The van der Waals surface area contributed by atoms with Crippen LogP contribution in [0.2, 0.25) is 0 Å². The Bertz CT molecular complexity index is 1280. The summed E-state index contributed by atoms with van der Waals surface area (Å²) in [5.41, 5.74) is 2.87. The number of aliphatic hydroxyl groups excluding tert-OH is 2. The number of imidazole rings is 1. The molecule has 3 aromatic heterocycles. The molecule has 0 spiro atoms. The van der Waals surface area contributed by atoms with Gasteiger partial charge in [0.15, 0.2) is 17.0 Å². The number of hydrogen-bond donors (Lipinski definition) is 4. The lowest BCUT2D eigenvalue weighted by molar-refractivity contribution is -0.0432. The Hall–Kier alpha value is -3.34. The van der Waals surface area contributed by atoms with Crippen molar-refractivity contribution in [1.82, 2.24) is 24.5 Å². The van der Waals surface area contributed by atoms with Gasteiger partial charge in [-0.25, -0.2) is 4.98 Å². The maximum absolute atomic E-state index is 10.2. The highest BCUT2D eigenvalue weighted by Crippen LogP contribution is 2.34. The number of benzene rings is 1. The van der Waals surface area contributed by atoms with Crippen LogP contribution in [0.1, 0.15) is 25.5 Å². The summed E-state index contributed by atoms with van der Waals surface area (Å²) in [5, 5.41) is 27.4. The molecule has 4 aromatic rings. The highest BCUT2D eigenvalue weighted by atomic mass is 16.5. The van der Waals surface area contributed by atoms with Crippen LogP contribution < -0.4 is 10.6 Å². The quantitative estimate of drug-likeness (QED) is 0.362. The van der Waals surface area contributed by atoms with E-state index in [9.17, 15) is 10.2 Å². The van der Waals surface area contributed by atoms with Crippen LogP contribution in [0.5, 0.6) is 0 Å². The van der Waals surface area contributed by atoms with Gasteiger partial charge in [-0.15, -0.1) is 0 Å². The van der Waals surface area contributed by atoms with E-state index in [-0.39, 0.29) is 6.61 Å². The molecular weight excluding hydrogens is 410 g/mol. The topological polar surface area (TPSA) is 130 Å². The minimum Gasteiger partial charge on any atom is -0.394 e. The van der Waals surface area contributed by atoms with Gasteiger partial charge in [0.25, 0.3) is 0 Å². The lowest BCUT2D eigenvalue weighted by atomic mass is 10.2. The summed E-state index contributed by atoms with van der Waals surface area (Å²) in [6.07, 6.45) is 4.11. The van der Waals surface area contributed by atoms with Gasteiger partial charge in [-0.3, -0.25) is 9.55 Å². The molecule has 0 amide bonds. The van der Waals surface area contributed by atoms with Crippen LogP contribution in [0.3, 0.4) is 0 Å². The molecule has 164 valence electrons. The Balaban J connectivity index is 1.42. The highest BCUT2D eigenvalue weighted by molar-refractivity contribution is 5.92. The van der Waals surface area contributed by atoms with Gasteiger partial charge in [0.1, 0.15) is 12.3 Å². The first kappa shape index (κ1) is 19.4. The van der Waals surface area contributed by atoms with Crippen LogP contribution in [-0.2, 0) is 4.74 Å². The second-order valence-corrected chi connectivity index (χ2v) is 8.26. The number of aliphatic hydroxyl groups is 2. The first-order valence-electron chi connectivity index (χ1n) is 10.8. The SMILES string of the molecule is OCC1OC(n2cnc3c(NC4CC4)nc(Nc4cccc5cccnc45)nc32)CC1O. The molecule has 6 rings (SSSR count). The van der Waals surface area contributed by atoms with Gasteiger partial charge in [-0.2, -0.15) is 9.97 Å². The summed E-state index contributed by atoms with van der Waals surface area (Å²) in [6, 6.07) is 10.2. The Morgan fingerprint density at radius 2 is 1.97 bits per heavy atom. The number of rotatable bonds is 6. The van der Waals surface area contributed by atoms with Gasteiger partial charge in [0.2, 0.25) is 5.95 Å². The van der Waals surface area contributed by atoms with Crippen molar-refractivity contribution in [2.24, 2.45) is 0 Å². The molecule has 0 radical (unpaired) electrons. The molecule has 1 aromatic carbocycles. The summed E-state index contributed by atoms with van der Waals surface area (Å²) in [6.45, 7) is -0.241. The van der Waals surface area contributed by atoms with Gasteiger partial charge in [0, 0.05) is 24.0 Å². The smallest absolute Gasteiger partial charge is 0.231 e. The Morgan fingerprint density at radius 1 is 1.09 bits per heavy atom. The van der Waals surface area contributed by atoms with E-state index < -0.39 is 18.4 Å². The van der Waals surface area contributed by atoms with E-state index >= 15 is 0 Å². The predicted molar refractivity (Wildman–Crippen MR) is 119 cm³/mol. The molecule has 3 unspecified atom stereocenters. The standard InChI is InChI=1S/C22H23N7O3/c30-10-16-15(31)9-17(32-16)29-11-24-19-20(25-13-6-7-13)27-22(28-21(19)29)26-14-5-1-3-12-4-2-8-23-18(12)14/h1-5,8,11,13,15-17,30-31H,6-7,9-10H2,(H2,25,26,27,28). The number of para-hydroxylation sites is 1. The molecule has 1 aliphatic heterocycles. The average Bonchev–Trinajstić information content (AvgIpc) is 3.39. The summed E-state index contributed by atoms with van der Waals surface area (Å²) >= 11 is 0. The Labute approximate surface area is 183 Å². The zero-order valence-corrected chi connectivity index (χ0v) is 17.2. The molecule has 2 aliphatic rings. The average molecular weight is 433 g/mol. The van der Waals surface area contributed by atoms with E-state index in [1.165, 1.54) is 0 Å². The van der Waals surface area contributed by atoms with Crippen LogP contribution in [-0.4, -0.2) is 59.6 Å². The molecule has 1 aliphatic carbocycles. The first-order chi connectivity index (χ1) is 15.7. The van der Waals surface area contributed by atoms with Gasteiger partial charge in [-0.1, -0.05) is 18.2 Å². The normalized spacial score (nSPS) is 23.1. The lowest BCUT2D eigenvalue weighted by Gasteiger charge is -2.15. The zero-order chi connectivity index (χ0) is 21.7. The number of pyridine rings is 1. The van der Waals surface area contributed by atoms with Crippen LogP contribution in [0.4, 0.5) is 17.5 Å². The third-order valence-electron chi connectivity index (χ3n) is 5.91. The molecule has 2 fully saturated rings. The second-order valence-electron chi connectivity index (χ2n) is 8.26. The van der Waals surface area contributed by atoms with E-state index in [0.717, 1.165) is 29.4 Å². The molecule has 0 bridgehead atoms. The molecule has 4 N–H and O–H groups in total. The van der Waals surface area contributed by atoms with Crippen molar-refractivity contribution in [3.05, 3.63) is 42.9 Å². The number of ether oxygens (including phenoxy) is 1. The fourth-order valence-electron chi connectivity index (χ4n) is 4.08. The van der Waals surface area contributed by atoms with Gasteiger partial charge < -0.3 is 25.6 Å². The van der Waals surface area contributed by atoms with Gasteiger partial charge in [-0.05, 0) is 25.0 Å². The van der Waals surface area contributed by atoms with Gasteiger partial charge >= 0.3 is 0 Å².